The lowest BCUT2D eigenvalue weighted by Gasteiger charge is -2.15. The van der Waals surface area contributed by atoms with Crippen molar-refractivity contribution in [3.05, 3.63) is 108 Å². The van der Waals surface area contributed by atoms with E-state index in [0.29, 0.717) is 23.8 Å². The molecule has 4 aromatic carbocycles. The van der Waals surface area contributed by atoms with Gasteiger partial charge in [0.2, 0.25) is 0 Å². The predicted octanol–water partition coefficient (Wildman–Crippen LogP) is 5.54. The van der Waals surface area contributed by atoms with E-state index in [2.05, 4.69) is 4.72 Å². The maximum absolute atomic E-state index is 12.9. The fourth-order valence-corrected chi connectivity index (χ4v) is 4.53. The fourth-order valence-electron chi connectivity index (χ4n) is 3.45. The Morgan fingerprint density at radius 3 is 2.27 bits per heavy atom. The molecule has 0 heterocycles. The van der Waals surface area contributed by atoms with Crippen molar-refractivity contribution in [1.29, 1.82) is 0 Å². The van der Waals surface area contributed by atoms with Crippen molar-refractivity contribution in [3.63, 3.8) is 0 Å². The van der Waals surface area contributed by atoms with Crippen molar-refractivity contribution >= 4 is 27.4 Å². The summed E-state index contributed by atoms with van der Waals surface area (Å²) >= 11 is 0. The summed E-state index contributed by atoms with van der Waals surface area (Å²) in [5.74, 6) is 0.423. The van der Waals surface area contributed by atoms with Crippen molar-refractivity contribution in [3.8, 4) is 17.2 Å². The second kappa shape index (κ2) is 11.0. The molecule has 0 aliphatic carbocycles. The Bertz CT molecular complexity index is 1500. The molecule has 0 amide bonds. The number of benzene rings is 4. The number of hydrogen-bond donors (Lipinski definition) is 2. The Hall–Kier alpha value is -4.50. The molecule has 190 valence electrons. The van der Waals surface area contributed by atoms with E-state index in [1.54, 1.807) is 36.4 Å². The molecule has 0 fully saturated rings. The number of carbonyl (C=O) groups is 1. The maximum atomic E-state index is 12.9. The van der Waals surface area contributed by atoms with Crippen molar-refractivity contribution in [1.82, 2.24) is 0 Å². The molecular weight excluding hydrogens is 492 g/mol. The first kappa shape index (κ1) is 25.6. The van der Waals surface area contributed by atoms with Crippen LogP contribution in [0.1, 0.15) is 21.5 Å². The summed E-state index contributed by atoms with van der Waals surface area (Å²) in [5, 5.41) is 0. The number of anilines is 2. The summed E-state index contributed by atoms with van der Waals surface area (Å²) in [6, 6.07) is 25.4. The van der Waals surface area contributed by atoms with Gasteiger partial charge >= 0.3 is 5.97 Å². The molecule has 0 atom stereocenters. The van der Waals surface area contributed by atoms with Crippen LogP contribution in [-0.4, -0.2) is 21.5 Å². The van der Waals surface area contributed by atoms with Gasteiger partial charge in [-0.2, -0.15) is 0 Å². The third kappa shape index (κ3) is 6.39. The van der Waals surface area contributed by atoms with E-state index < -0.39 is 16.0 Å². The Balaban J connectivity index is 1.56. The Labute approximate surface area is 215 Å². The van der Waals surface area contributed by atoms with E-state index in [-0.39, 0.29) is 21.9 Å². The minimum absolute atomic E-state index is 0.00770. The summed E-state index contributed by atoms with van der Waals surface area (Å²) in [6.45, 7) is 2.19. The summed E-state index contributed by atoms with van der Waals surface area (Å²) in [4.78, 5) is 12.5. The zero-order valence-corrected chi connectivity index (χ0v) is 21.1. The largest absolute Gasteiger partial charge is 0.487 e. The number of nitrogens with two attached hydrogens (primary N) is 1. The van der Waals surface area contributed by atoms with Crippen LogP contribution in [-0.2, 0) is 21.4 Å². The minimum atomic E-state index is -3.93. The average Bonchev–Trinajstić information content (AvgIpc) is 2.90. The number of esters is 1. The molecule has 37 heavy (non-hydrogen) atoms. The Morgan fingerprint density at radius 2 is 1.57 bits per heavy atom. The zero-order chi connectivity index (χ0) is 26.4. The van der Waals surface area contributed by atoms with Gasteiger partial charge < -0.3 is 19.9 Å². The molecule has 0 saturated carbocycles. The number of carbonyl (C=O) groups excluding carboxylic acids is 1. The van der Waals surface area contributed by atoms with Crippen LogP contribution in [0.5, 0.6) is 17.2 Å². The number of aryl methyl sites for hydroxylation is 1. The first-order valence-corrected chi connectivity index (χ1v) is 12.8. The number of nitrogens with one attached hydrogen (secondary N) is 1. The smallest absolute Gasteiger partial charge is 0.340 e. The van der Waals surface area contributed by atoms with Crippen LogP contribution in [0.15, 0.2) is 95.9 Å². The molecule has 8 nitrogen and oxygen atoms in total. The summed E-state index contributed by atoms with van der Waals surface area (Å²) in [5.41, 5.74) is 8.46. The fraction of sp³-hybridized carbons (Fsp3) is 0.107. The number of ether oxygens (including phenoxy) is 3. The lowest BCUT2D eigenvalue weighted by atomic mass is 10.1. The van der Waals surface area contributed by atoms with Gasteiger partial charge in [0.1, 0.15) is 23.9 Å². The summed E-state index contributed by atoms with van der Waals surface area (Å²) in [7, 11) is -2.72. The second-order valence-electron chi connectivity index (χ2n) is 8.19. The van der Waals surface area contributed by atoms with Crippen LogP contribution in [0.3, 0.4) is 0 Å². The average molecular weight is 519 g/mol. The number of hydrogen-bond acceptors (Lipinski definition) is 7. The van der Waals surface area contributed by atoms with Crippen LogP contribution in [0.2, 0.25) is 0 Å². The van der Waals surface area contributed by atoms with Crippen LogP contribution in [0.4, 0.5) is 11.4 Å². The van der Waals surface area contributed by atoms with Crippen molar-refractivity contribution in [2.24, 2.45) is 0 Å². The molecule has 0 bridgehead atoms. The summed E-state index contributed by atoms with van der Waals surface area (Å²) in [6.07, 6.45) is 0. The summed E-state index contributed by atoms with van der Waals surface area (Å²) < 4.78 is 44.8. The Kier molecular flexibility index (Phi) is 7.64. The molecule has 0 spiro atoms. The van der Waals surface area contributed by atoms with E-state index in [1.807, 2.05) is 37.3 Å². The molecule has 0 aliphatic heterocycles. The van der Waals surface area contributed by atoms with Crippen LogP contribution < -0.4 is 19.9 Å². The number of rotatable bonds is 9. The van der Waals surface area contributed by atoms with E-state index in [0.717, 1.165) is 11.1 Å². The molecule has 0 aromatic heterocycles. The van der Waals surface area contributed by atoms with E-state index in [4.69, 9.17) is 19.9 Å². The topological polar surface area (TPSA) is 117 Å². The molecule has 0 unspecified atom stereocenters. The van der Waals surface area contributed by atoms with Gasteiger partial charge in [-0.25, -0.2) is 13.2 Å². The van der Waals surface area contributed by atoms with E-state index >= 15 is 0 Å². The predicted molar refractivity (Wildman–Crippen MR) is 141 cm³/mol. The highest BCUT2D eigenvalue weighted by Crippen LogP contribution is 2.33. The molecular formula is C28H26N2O6S. The number of sulfonamides is 1. The third-order valence-electron chi connectivity index (χ3n) is 5.43. The van der Waals surface area contributed by atoms with Gasteiger partial charge in [-0.15, -0.1) is 0 Å². The monoisotopic (exact) mass is 518 g/mol. The van der Waals surface area contributed by atoms with Gasteiger partial charge in [-0.1, -0.05) is 48.0 Å². The van der Waals surface area contributed by atoms with E-state index in [1.165, 1.54) is 31.4 Å². The maximum Gasteiger partial charge on any atom is 0.340 e. The SMILES string of the molecule is COC(=O)c1cc(Oc2ccc(N)c(OCc3ccccc3)c2)ccc1NS(=O)(=O)c1ccc(C)cc1. The van der Waals surface area contributed by atoms with Crippen molar-refractivity contribution in [2.75, 3.05) is 17.6 Å². The lowest BCUT2D eigenvalue weighted by Crippen LogP contribution is -2.16. The van der Waals surface area contributed by atoms with Gasteiger partial charge in [-0.05, 0) is 55.0 Å². The molecule has 4 rings (SSSR count). The molecule has 0 aliphatic rings. The second-order valence-corrected chi connectivity index (χ2v) is 9.88. The Morgan fingerprint density at radius 1 is 0.892 bits per heavy atom. The highest BCUT2D eigenvalue weighted by atomic mass is 32.2. The zero-order valence-electron chi connectivity index (χ0n) is 20.3. The third-order valence-corrected chi connectivity index (χ3v) is 6.81. The highest BCUT2D eigenvalue weighted by Gasteiger charge is 2.20. The number of nitrogen functional groups attached to an aromatic ring is 1. The molecule has 4 aromatic rings. The van der Waals surface area contributed by atoms with Crippen molar-refractivity contribution < 1.29 is 27.4 Å². The lowest BCUT2D eigenvalue weighted by molar-refractivity contribution is 0.0601. The van der Waals surface area contributed by atoms with Crippen LogP contribution in [0, 0.1) is 6.92 Å². The van der Waals surface area contributed by atoms with Crippen LogP contribution in [0.25, 0.3) is 0 Å². The van der Waals surface area contributed by atoms with Gasteiger partial charge in [-0.3, -0.25) is 4.72 Å². The standard InChI is InChI=1S/C28H26N2O6S/c1-19-8-12-23(13-9-19)37(32,33)30-26-15-11-21(16-24(26)28(31)34-2)36-22-10-14-25(29)27(17-22)35-18-20-6-4-3-5-7-20/h3-17,30H,18,29H2,1-2H3. The normalized spacial score (nSPS) is 11.0. The first-order valence-electron chi connectivity index (χ1n) is 11.3. The molecule has 3 N–H and O–H groups in total. The minimum Gasteiger partial charge on any atom is -0.487 e. The van der Waals surface area contributed by atoms with Gasteiger partial charge in [0.05, 0.1) is 28.9 Å². The first-order chi connectivity index (χ1) is 17.7. The molecule has 9 heteroatoms. The van der Waals surface area contributed by atoms with Gasteiger partial charge in [0.15, 0.2) is 0 Å². The quantitative estimate of drug-likeness (QED) is 0.221. The van der Waals surface area contributed by atoms with Crippen molar-refractivity contribution in [2.45, 2.75) is 18.4 Å². The van der Waals surface area contributed by atoms with E-state index in [9.17, 15) is 13.2 Å². The van der Waals surface area contributed by atoms with Gasteiger partial charge in [0, 0.05) is 6.07 Å². The van der Waals surface area contributed by atoms with Crippen LogP contribution >= 0.6 is 0 Å². The molecule has 0 radical (unpaired) electrons. The number of methoxy groups -OCH3 is 1. The molecule has 0 saturated heterocycles. The van der Waals surface area contributed by atoms with Gasteiger partial charge in [0.25, 0.3) is 10.0 Å². The highest BCUT2D eigenvalue weighted by molar-refractivity contribution is 7.92.